The Morgan fingerprint density at radius 3 is 2.77 bits per heavy atom. The van der Waals surface area contributed by atoms with Crippen LogP contribution in [0.25, 0.3) is 0 Å². The predicted molar refractivity (Wildman–Crippen MR) is 83.2 cm³/mol. The molecule has 2 rings (SSSR count). The van der Waals surface area contributed by atoms with Gasteiger partial charge in [-0.2, -0.15) is 0 Å². The second kappa shape index (κ2) is 7.21. The summed E-state index contributed by atoms with van der Waals surface area (Å²) in [6, 6.07) is 5.87. The summed E-state index contributed by atoms with van der Waals surface area (Å²) in [6.45, 7) is 3.62. The van der Waals surface area contributed by atoms with E-state index >= 15 is 0 Å². The van der Waals surface area contributed by atoms with Crippen molar-refractivity contribution < 1.29 is 17.9 Å². The van der Waals surface area contributed by atoms with Gasteiger partial charge in [-0.1, -0.05) is 12.1 Å². The van der Waals surface area contributed by atoms with E-state index in [0.29, 0.717) is 0 Å². The number of ether oxygens (including phenoxy) is 1. The number of piperidine rings is 1. The molecule has 0 bridgehead atoms. The van der Waals surface area contributed by atoms with Gasteiger partial charge >= 0.3 is 5.97 Å². The number of nitrogens with one attached hydrogen (secondary N) is 2. The van der Waals surface area contributed by atoms with E-state index in [4.69, 9.17) is 0 Å². The number of esters is 1. The Balaban J connectivity index is 2.21. The van der Waals surface area contributed by atoms with E-state index in [1.807, 2.05) is 6.92 Å². The Morgan fingerprint density at radius 1 is 1.41 bits per heavy atom. The molecular weight excluding hydrogens is 304 g/mol. The van der Waals surface area contributed by atoms with Crippen LogP contribution in [-0.2, 0) is 14.8 Å². The molecule has 0 radical (unpaired) electrons. The lowest BCUT2D eigenvalue weighted by Crippen LogP contribution is -2.44. The lowest BCUT2D eigenvalue weighted by atomic mass is 9.94. The molecule has 1 fully saturated rings. The molecule has 1 aliphatic heterocycles. The molecule has 122 valence electrons. The standard InChI is InChI=1S/C15H22N2O4S/c1-11(12-6-5-9-16-10-12)17-22(19,20)14-8-4-3-7-13(14)15(18)21-2/h3-4,7-8,11-12,16-17H,5-6,9-10H2,1-2H3. The van der Waals surface area contributed by atoms with Crippen molar-refractivity contribution in [3.8, 4) is 0 Å². The minimum absolute atomic E-state index is 0.0440. The van der Waals surface area contributed by atoms with E-state index in [1.165, 1.54) is 19.2 Å². The largest absolute Gasteiger partial charge is 0.465 e. The zero-order chi connectivity index (χ0) is 16.2. The van der Waals surface area contributed by atoms with Crippen LogP contribution in [-0.4, -0.2) is 40.6 Å². The van der Waals surface area contributed by atoms with Gasteiger partial charge in [-0.25, -0.2) is 17.9 Å². The summed E-state index contributed by atoms with van der Waals surface area (Å²) in [5, 5.41) is 3.27. The van der Waals surface area contributed by atoms with Crippen LogP contribution in [0.1, 0.15) is 30.1 Å². The number of carbonyl (C=O) groups excluding carboxylic acids is 1. The van der Waals surface area contributed by atoms with Crippen molar-refractivity contribution in [2.45, 2.75) is 30.7 Å². The summed E-state index contributed by atoms with van der Waals surface area (Å²) < 4.78 is 32.5. The summed E-state index contributed by atoms with van der Waals surface area (Å²) in [4.78, 5) is 11.7. The average molecular weight is 326 g/mol. The molecule has 0 spiro atoms. The topological polar surface area (TPSA) is 84.5 Å². The van der Waals surface area contributed by atoms with E-state index in [0.717, 1.165) is 25.9 Å². The fraction of sp³-hybridized carbons (Fsp3) is 0.533. The number of sulfonamides is 1. The zero-order valence-electron chi connectivity index (χ0n) is 12.8. The summed E-state index contributed by atoms with van der Waals surface area (Å²) in [7, 11) is -2.54. The number of methoxy groups -OCH3 is 1. The molecule has 0 aromatic heterocycles. The summed E-state index contributed by atoms with van der Waals surface area (Å²) in [5.74, 6) is -0.415. The van der Waals surface area contributed by atoms with Gasteiger partial charge in [-0.3, -0.25) is 0 Å². The molecule has 2 unspecified atom stereocenters. The van der Waals surface area contributed by atoms with Gasteiger partial charge in [0.25, 0.3) is 0 Å². The van der Waals surface area contributed by atoms with E-state index in [9.17, 15) is 13.2 Å². The maximum atomic E-state index is 12.6. The molecule has 0 amide bonds. The van der Waals surface area contributed by atoms with Gasteiger partial charge < -0.3 is 10.1 Å². The molecule has 2 atom stereocenters. The van der Waals surface area contributed by atoms with Gasteiger partial charge in [0.15, 0.2) is 0 Å². The zero-order valence-corrected chi connectivity index (χ0v) is 13.7. The number of benzene rings is 1. The Morgan fingerprint density at radius 2 is 2.14 bits per heavy atom. The number of carbonyl (C=O) groups is 1. The highest BCUT2D eigenvalue weighted by Crippen LogP contribution is 2.20. The summed E-state index contributed by atoms with van der Waals surface area (Å²) in [6.07, 6.45) is 2.02. The minimum Gasteiger partial charge on any atom is -0.465 e. The lowest BCUT2D eigenvalue weighted by Gasteiger charge is -2.28. The SMILES string of the molecule is COC(=O)c1ccccc1S(=O)(=O)NC(C)C1CCCNC1. The van der Waals surface area contributed by atoms with Crippen LogP contribution < -0.4 is 10.0 Å². The maximum Gasteiger partial charge on any atom is 0.339 e. The summed E-state index contributed by atoms with van der Waals surface area (Å²) in [5.41, 5.74) is 0.0477. The van der Waals surface area contributed by atoms with Crippen molar-refractivity contribution >= 4 is 16.0 Å². The van der Waals surface area contributed by atoms with E-state index in [1.54, 1.807) is 12.1 Å². The quantitative estimate of drug-likeness (QED) is 0.793. The molecule has 0 aliphatic carbocycles. The Bertz CT molecular complexity index is 624. The van der Waals surface area contributed by atoms with Crippen LogP contribution in [0.15, 0.2) is 29.2 Å². The monoisotopic (exact) mass is 326 g/mol. The average Bonchev–Trinajstić information content (AvgIpc) is 2.54. The van der Waals surface area contributed by atoms with Gasteiger partial charge in [-0.05, 0) is 50.9 Å². The third-order valence-electron chi connectivity index (χ3n) is 3.97. The molecule has 2 N–H and O–H groups in total. The van der Waals surface area contributed by atoms with E-state index in [2.05, 4.69) is 14.8 Å². The molecule has 1 aromatic carbocycles. The molecule has 1 heterocycles. The Kier molecular flexibility index (Phi) is 5.55. The smallest absolute Gasteiger partial charge is 0.339 e. The van der Waals surface area contributed by atoms with Crippen LogP contribution in [0.5, 0.6) is 0 Å². The first-order valence-corrected chi connectivity index (χ1v) is 8.84. The second-order valence-electron chi connectivity index (χ2n) is 5.50. The molecular formula is C15H22N2O4S. The highest BCUT2D eigenvalue weighted by molar-refractivity contribution is 7.89. The molecule has 1 aromatic rings. The van der Waals surface area contributed by atoms with Crippen molar-refractivity contribution in [3.63, 3.8) is 0 Å². The van der Waals surface area contributed by atoms with Crippen LogP contribution >= 0.6 is 0 Å². The molecule has 22 heavy (non-hydrogen) atoms. The maximum absolute atomic E-state index is 12.6. The van der Waals surface area contributed by atoms with E-state index in [-0.39, 0.29) is 22.4 Å². The fourth-order valence-electron chi connectivity index (χ4n) is 2.69. The van der Waals surface area contributed by atoms with Crippen molar-refractivity contribution in [1.29, 1.82) is 0 Å². The summed E-state index contributed by atoms with van der Waals surface area (Å²) >= 11 is 0. The number of rotatable bonds is 5. The van der Waals surface area contributed by atoms with Crippen molar-refractivity contribution in [1.82, 2.24) is 10.0 Å². The van der Waals surface area contributed by atoms with Crippen LogP contribution in [0.3, 0.4) is 0 Å². The predicted octanol–water partition coefficient (Wildman–Crippen LogP) is 1.14. The first-order chi connectivity index (χ1) is 10.5. The fourth-order valence-corrected chi connectivity index (χ4v) is 4.20. The molecule has 6 nitrogen and oxygen atoms in total. The first kappa shape index (κ1) is 16.9. The van der Waals surface area contributed by atoms with Crippen LogP contribution in [0.2, 0.25) is 0 Å². The minimum atomic E-state index is -3.77. The van der Waals surface area contributed by atoms with Gasteiger partial charge in [0.1, 0.15) is 0 Å². The third kappa shape index (κ3) is 3.85. The van der Waals surface area contributed by atoms with Crippen molar-refractivity contribution in [2.75, 3.05) is 20.2 Å². The third-order valence-corrected chi connectivity index (χ3v) is 5.58. The van der Waals surface area contributed by atoms with Gasteiger partial charge in [0.2, 0.25) is 10.0 Å². The van der Waals surface area contributed by atoms with E-state index < -0.39 is 16.0 Å². The van der Waals surface area contributed by atoms with Gasteiger partial charge in [-0.15, -0.1) is 0 Å². The van der Waals surface area contributed by atoms with Crippen LogP contribution in [0.4, 0.5) is 0 Å². The highest BCUT2D eigenvalue weighted by atomic mass is 32.2. The van der Waals surface area contributed by atoms with Gasteiger partial charge in [0.05, 0.1) is 17.6 Å². The highest BCUT2D eigenvalue weighted by Gasteiger charge is 2.28. The Hall–Kier alpha value is -1.44. The lowest BCUT2D eigenvalue weighted by molar-refractivity contribution is 0.0596. The molecule has 1 aliphatic rings. The van der Waals surface area contributed by atoms with Crippen molar-refractivity contribution in [3.05, 3.63) is 29.8 Å². The molecule has 7 heteroatoms. The molecule has 1 saturated heterocycles. The Labute approximate surface area is 131 Å². The van der Waals surface area contributed by atoms with Crippen LogP contribution in [0, 0.1) is 5.92 Å². The number of hydrogen-bond acceptors (Lipinski definition) is 5. The van der Waals surface area contributed by atoms with Crippen molar-refractivity contribution in [2.24, 2.45) is 5.92 Å². The normalized spacial score (nSPS) is 20.4. The second-order valence-corrected chi connectivity index (χ2v) is 7.19. The van der Waals surface area contributed by atoms with Gasteiger partial charge in [0, 0.05) is 6.04 Å². The molecule has 0 saturated carbocycles. The first-order valence-electron chi connectivity index (χ1n) is 7.36. The number of hydrogen-bond donors (Lipinski definition) is 2.